The Balaban J connectivity index is 1.35. The van der Waals surface area contributed by atoms with E-state index < -0.39 is 0 Å². The Bertz CT molecular complexity index is 4820. The smallest absolute Gasteiger partial charge is 0.128 e. The van der Waals surface area contributed by atoms with Crippen molar-refractivity contribution >= 4 is 475 Å². The van der Waals surface area contributed by atoms with E-state index in [-0.39, 0.29) is 273 Å². The van der Waals surface area contributed by atoms with Gasteiger partial charge < -0.3 is 4.42 Å². The lowest BCUT2D eigenvalue weighted by Crippen LogP contribution is -2.52. The summed E-state index contributed by atoms with van der Waals surface area (Å²) < 4.78 is 6.38. The van der Waals surface area contributed by atoms with E-state index in [1.54, 1.807) is 0 Å². The van der Waals surface area contributed by atoms with Gasteiger partial charge >= 0.3 is 0 Å². The Morgan fingerprint density at radius 1 is 0.111 bits per heavy atom. The second kappa shape index (κ2) is 19.4. The molecule has 1 aromatic heterocycles. The van der Waals surface area contributed by atoms with Crippen molar-refractivity contribution in [3.8, 4) is 33.4 Å². The van der Waals surface area contributed by atoms with Crippen LogP contribution >= 0.6 is 0 Å². The zero-order chi connectivity index (χ0) is 59.6. The first kappa shape index (κ1) is 58.0. The Morgan fingerprint density at radius 2 is 0.284 bits per heavy atom. The molecule has 0 saturated carbocycles. The highest BCUT2D eigenvalue weighted by Crippen LogP contribution is 2.40. The molecule has 0 amide bonds. The molecule has 11 rings (SSSR count). The summed E-state index contributed by atoms with van der Waals surface area (Å²) in [6.07, 6.45) is 0. The minimum absolute atomic E-state index is 0.0304. The molecule has 0 unspecified atom stereocenters. The average molecular weight is 941 g/mol. The van der Waals surface area contributed by atoms with E-state index in [1.165, 1.54) is 0 Å². The summed E-state index contributed by atoms with van der Waals surface area (Å²) in [6.45, 7) is 0. The van der Waals surface area contributed by atoms with E-state index in [1.807, 2.05) is 0 Å². The molecule has 0 saturated heterocycles. The maximum atomic E-state index is 7.42. The highest BCUT2D eigenvalue weighted by molar-refractivity contribution is 6.79. The Labute approximate surface area is 509 Å². The molecule has 0 aliphatic rings. The van der Waals surface area contributed by atoms with Gasteiger partial charge in [-0.05, 0) is 87.2 Å². The van der Waals surface area contributed by atoms with Crippen molar-refractivity contribution in [1.82, 2.24) is 0 Å². The Morgan fingerprint density at radius 3 is 0.642 bits per heavy atom. The Hall–Kier alpha value is -4.75. The van der Waals surface area contributed by atoms with Gasteiger partial charge in [-0.3, -0.25) is 0 Å². The molecule has 0 spiro atoms. The molecule has 11 aromatic rings. The van der Waals surface area contributed by atoms with Gasteiger partial charge in [0.05, 0.1) is 0 Å². The van der Waals surface area contributed by atoms with Crippen molar-refractivity contribution in [2.24, 2.45) is 0 Å². The number of rotatable bonds is 3. The van der Waals surface area contributed by atoms with Gasteiger partial charge in [0.25, 0.3) is 0 Å². The van der Waals surface area contributed by atoms with Crippen LogP contribution in [0, 0.1) is 0 Å². The first-order valence-corrected chi connectivity index (χ1v) is 23.8. The first-order chi connectivity index (χ1) is 37.8. The molecule has 0 fully saturated rings. The fourth-order valence-electron chi connectivity index (χ4n) is 11.8. The van der Waals surface area contributed by atoms with Gasteiger partial charge in [-0.25, -0.2) is 0 Å². The lowest BCUT2D eigenvalue weighted by Gasteiger charge is -2.33. The zero-order valence-corrected chi connectivity index (χ0v) is 42.7. The second-order valence-electron chi connectivity index (χ2n) is 19.9. The van der Waals surface area contributed by atoms with Crippen LogP contribution in [0.5, 0.6) is 0 Å². The molecule has 1 heterocycles. The van der Waals surface area contributed by atoms with Crippen molar-refractivity contribution in [3.63, 3.8) is 0 Å². The third-order valence-corrected chi connectivity index (χ3v) is 16.0. The number of fused-ring (bicyclic) bond motifs is 10. The van der Waals surface area contributed by atoms with Crippen LogP contribution < -0.4 is 164 Å². The monoisotopic (exact) mass is 946 g/mol. The van der Waals surface area contributed by atoms with E-state index >= 15 is 0 Å². The van der Waals surface area contributed by atoms with E-state index in [4.69, 9.17) is 240 Å². The van der Waals surface area contributed by atoms with Crippen molar-refractivity contribution in [2.45, 2.75) is 0 Å². The molecule has 31 heteroatoms. The number of benzene rings is 10. The molecule has 0 bridgehead atoms. The normalized spacial score (nSPS) is 12.0. The minimum atomic E-state index is -0.302. The minimum Gasteiger partial charge on any atom is -0.457 e. The molecule has 10 aromatic carbocycles. The van der Waals surface area contributed by atoms with Crippen LogP contribution in [-0.2, 0) is 0 Å². The zero-order valence-electron chi connectivity index (χ0n) is 42.7. The van der Waals surface area contributed by atoms with Crippen molar-refractivity contribution < 1.29 is 4.42 Å². The van der Waals surface area contributed by atoms with Gasteiger partial charge in [-0.2, -0.15) is 0 Å². The fourth-order valence-corrected chi connectivity index (χ4v) is 11.8. The second-order valence-corrected chi connectivity index (χ2v) is 19.9. The molecule has 81 heavy (non-hydrogen) atoms. The fraction of sp³-hybridized carbons (Fsp3) is 0. The van der Waals surface area contributed by atoms with Crippen LogP contribution in [0.2, 0.25) is 0 Å². The van der Waals surface area contributed by atoms with E-state index in [9.17, 15) is 0 Å². The summed E-state index contributed by atoms with van der Waals surface area (Å²) in [5, 5.41) is 0.723. The summed E-state index contributed by atoms with van der Waals surface area (Å²) in [4.78, 5) is 0. The summed E-state index contributed by atoms with van der Waals surface area (Å²) in [7, 11) is 205. The van der Waals surface area contributed by atoms with Crippen LogP contribution in [0.25, 0.3) is 109 Å². The van der Waals surface area contributed by atoms with Crippen LogP contribution in [0.15, 0.2) is 4.42 Å². The highest BCUT2D eigenvalue weighted by Gasteiger charge is 2.32. The predicted molar refractivity (Wildman–Crippen MR) is 379 cm³/mol. The quantitative estimate of drug-likeness (QED) is 0.0977. The standard InChI is InChI=1S/C50B30O/c51-19-7-8-14(35(67)45(77)43(75)25(8)57)31(63)29(61)13(7)30(62)32(64)16(19)17-33(65)27(59)12(28(60)34(17)66)2-5-3(21(53)39(71)41(73)23(5)55)1(4-6(2)24(56)42(74)40(72)22(4)54)11-20(52)18-10-9-15(36(68)46(78)44(76)26(9)58)38(70)47(79)49(10)81-50(18)48(80)37(11)69. The third-order valence-electron chi connectivity index (χ3n) is 16.0. The van der Waals surface area contributed by atoms with Crippen LogP contribution in [0.4, 0.5) is 0 Å². The predicted octanol–water partition coefficient (Wildman–Crippen LogP) is -21.8. The first-order valence-electron chi connectivity index (χ1n) is 23.8. The van der Waals surface area contributed by atoms with Gasteiger partial charge in [-0.15, -0.1) is 43.7 Å². The highest BCUT2D eigenvalue weighted by atomic mass is 16.3. The van der Waals surface area contributed by atoms with Crippen molar-refractivity contribution in [1.29, 1.82) is 0 Å². The van der Waals surface area contributed by atoms with Crippen LogP contribution in [0.3, 0.4) is 0 Å². The molecular weight excluding hydrogens is 941 g/mol. The maximum Gasteiger partial charge on any atom is 0.128 e. The summed E-state index contributed by atoms with van der Waals surface area (Å²) in [5.74, 6) is 0. The van der Waals surface area contributed by atoms with E-state index in [2.05, 4.69) is 0 Å². The molecular formula is C50B30O. The Kier molecular flexibility index (Phi) is 13.9. The number of hydrogen-bond acceptors (Lipinski definition) is 1. The largest absolute Gasteiger partial charge is 0.457 e. The van der Waals surface area contributed by atoms with Gasteiger partial charge in [0.15, 0.2) is 0 Å². The summed E-state index contributed by atoms with van der Waals surface area (Å²) in [5.41, 5.74) is -5.44. The van der Waals surface area contributed by atoms with Crippen molar-refractivity contribution in [3.05, 3.63) is 0 Å². The molecule has 0 N–H and O–H groups in total. The lowest BCUT2D eigenvalue weighted by molar-refractivity contribution is 0.675. The third kappa shape index (κ3) is 7.30. The van der Waals surface area contributed by atoms with Crippen LogP contribution in [0.1, 0.15) is 0 Å². The molecule has 296 valence electrons. The van der Waals surface area contributed by atoms with Gasteiger partial charge in [-0.1, -0.05) is 120 Å². The van der Waals surface area contributed by atoms with E-state index in [0.29, 0.717) is 0 Å². The van der Waals surface area contributed by atoms with Gasteiger partial charge in [0, 0.05) is 10.8 Å². The molecule has 60 radical (unpaired) electrons. The topological polar surface area (TPSA) is 13.1 Å². The maximum absolute atomic E-state index is 7.42. The van der Waals surface area contributed by atoms with E-state index in [0.717, 1.165) is 0 Å². The van der Waals surface area contributed by atoms with Crippen molar-refractivity contribution in [2.75, 3.05) is 0 Å². The number of hydrogen-bond donors (Lipinski definition) is 0. The molecule has 0 aliphatic heterocycles. The lowest BCUT2D eigenvalue weighted by atomic mass is 9.55. The van der Waals surface area contributed by atoms with Crippen LogP contribution in [-0.4, -0.2) is 235 Å². The molecule has 1 nitrogen and oxygen atoms in total. The SMILES string of the molecule is [B]c1c([B])c(-c2c3c([B])c([B])c([B])c([B])c3c(-c3c([B])c([B])c4oc5c([B])c([B])c6c([B])c([B])c([B])c([B])c6c5c4c3[B])c3c([B])c([B])c([B])c([B])c23)c([B])c([B])c1-c1c([B])c([B])c2c([B])c([B])c3c([B])c([B])c([B])c([B])c3c2c1[B]. The summed E-state index contributed by atoms with van der Waals surface area (Å²) >= 11 is 0. The average Bonchev–Trinajstić information content (AvgIpc) is 3.99. The molecule has 0 atom stereocenters. The number of furan rings is 1. The van der Waals surface area contributed by atoms with Gasteiger partial charge in [0.2, 0.25) is 0 Å². The van der Waals surface area contributed by atoms with Gasteiger partial charge in [0.1, 0.15) is 247 Å². The molecule has 0 aliphatic carbocycles. The summed E-state index contributed by atoms with van der Waals surface area (Å²) in [6, 6.07) is 0.